The van der Waals surface area contributed by atoms with E-state index in [1.165, 1.54) is 0 Å². The fraction of sp³-hybridized carbons (Fsp3) is 0.296. The molecule has 0 saturated heterocycles. The maximum atomic E-state index is 12.6. The minimum atomic E-state index is -0.518. The van der Waals surface area contributed by atoms with Gasteiger partial charge >= 0.3 is 0 Å². The molecule has 0 aliphatic heterocycles. The van der Waals surface area contributed by atoms with Crippen LogP contribution in [0.1, 0.15) is 51.2 Å². The third-order valence-electron chi connectivity index (χ3n) is 5.95. The molecule has 4 aromatic rings. The lowest BCUT2D eigenvalue weighted by Crippen LogP contribution is -2.30. The molecular formula is C27H30N4O2. The number of nitrogens with one attached hydrogen (secondary N) is 2. The molecule has 2 heterocycles. The largest absolute Gasteiger partial charge is 0.436 e. The Bertz CT molecular complexity index is 1310. The number of aryl methyl sites for hydroxylation is 1. The van der Waals surface area contributed by atoms with E-state index in [4.69, 9.17) is 9.40 Å². The Morgan fingerprint density at radius 2 is 1.94 bits per heavy atom. The minimum Gasteiger partial charge on any atom is -0.436 e. The van der Waals surface area contributed by atoms with Crippen molar-refractivity contribution in [1.29, 1.82) is 0 Å². The summed E-state index contributed by atoms with van der Waals surface area (Å²) >= 11 is 0. The van der Waals surface area contributed by atoms with Crippen LogP contribution in [0.15, 0.2) is 59.7 Å². The Morgan fingerprint density at radius 3 is 2.61 bits per heavy atom. The first kappa shape index (κ1) is 22.5. The lowest BCUT2D eigenvalue weighted by molar-refractivity contribution is -0.123. The number of oxazole rings is 1. The molecule has 33 heavy (non-hydrogen) atoms. The van der Waals surface area contributed by atoms with Crippen molar-refractivity contribution >= 4 is 22.7 Å². The van der Waals surface area contributed by atoms with E-state index >= 15 is 0 Å². The standard InChI is InChI=1S/C27H30N4O2/c1-7-14-27(5,6)26(32)29-19-11-9-18(10-12-19)23-21(15-28-31-23)25-30-22-17(4)8-13-20(16(2)3)24(22)33-25/h7-13,15-16H,1,14H2,2-6H3,(H,28,31)(H,29,32). The lowest BCUT2D eigenvalue weighted by Gasteiger charge is -2.21. The highest BCUT2D eigenvalue weighted by Gasteiger charge is 2.26. The van der Waals surface area contributed by atoms with Crippen LogP contribution in [0.25, 0.3) is 33.8 Å². The summed E-state index contributed by atoms with van der Waals surface area (Å²) in [6.07, 6.45) is 4.17. The predicted octanol–water partition coefficient (Wildman–Crippen LogP) is 6.86. The molecule has 2 N–H and O–H groups in total. The maximum absolute atomic E-state index is 12.6. The molecule has 0 fully saturated rings. The summed E-state index contributed by atoms with van der Waals surface area (Å²) in [7, 11) is 0. The summed E-state index contributed by atoms with van der Waals surface area (Å²) < 4.78 is 6.25. The van der Waals surface area contributed by atoms with Crippen molar-refractivity contribution in [2.24, 2.45) is 5.41 Å². The van der Waals surface area contributed by atoms with E-state index in [0.29, 0.717) is 18.2 Å². The molecule has 4 rings (SSSR count). The van der Waals surface area contributed by atoms with Gasteiger partial charge in [-0.3, -0.25) is 9.89 Å². The van der Waals surface area contributed by atoms with Gasteiger partial charge in [-0.1, -0.05) is 58.0 Å². The monoisotopic (exact) mass is 442 g/mol. The highest BCUT2D eigenvalue weighted by molar-refractivity contribution is 5.95. The number of hydrogen-bond donors (Lipinski definition) is 2. The van der Waals surface area contributed by atoms with Crippen LogP contribution in [0.3, 0.4) is 0 Å². The van der Waals surface area contributed by atoms with Crippen LogP contribution in [0.4, 0.5) is 5.69 Å². The van der Waals surface area contributed by atoms with Crippen molar-refractivity contribution in [3.05, 3.63) is 66.4 Å². The van der Waals surface area contributed by atoms with Gasteiger partial charge < -0.3 is 9.73 Å². The first-order valence-corrected chi connectivity index (χ1v) is 11.2. The molecular weight excluding hydrogens is 412 g/mol. The quantitative estimate of drug-likeness (QED) is 0.306. The summed E-state index contributed by atoms with van der Waals surface area (Å²) in [5, 5.41) is 10.4. The lowest BCUT2D eigenvalue weighted by atomic mass is 9.88. The van der Waals surface area contributed by atoms with Crippen molar-refractivity contribution in [1.82, 2.24) is 15.2 Å². The average Bonchev–Trinajstić information content (AvgIpc) is 3.42. The van der Waals surface area contributed by atoms with Crippen LogP contribution < -0.4 is 5.32 Å². The van der Waals surface area contributed by atoms with Gasteiger partial charge in [0.15, 0.2) is 5.58 Å². The average molecular weight is 443 g/mol. The minimum absolute atomic E-state index is 0.0431. The zero-order chi connectivity index (χ0) is 23.8. The number of aromatic nitrogens is 3. The number of aromatic amines is 1. The molecule has 6 heteroatoms. The number of rotatable bonds is 7. The highest BCUT2D eigenvalue weighted by atomic mass is 16.3. The van der Waals surface area contributed by atoms with Crippen molar-refractivity contribution in [3.8, 4) is 22.7 Å². The second-order valence-corrected chi connectivity index (χ2v) is 9.38. The smallest absolute Gasteiger partial charge is 0.231 e. The van der Waals surface area contributed by atoms with Gasteiger partial charge in [0.25, 0.3) is 0 Å². The number of nitrogens with zero attached hydrogens (tertiary/aromatic N) is 2. The summed E-state index contributed by atoms with van der Waals surface area (Å²) in [4.78, 5) is 17.4. The van der Waals surface area contributed by atoms with E-state index < -0.39 is 5.41 Å². The van der Waals surface area contributed by atoms with E-state index in [9.17, 15) is 4.79 Å². The van der Waals surface area contributed by atoms with E-state index in [-0.39, 0.29) is 5.91 Å². The number of carbonyl (C=O) groups excluding carboxylic acids is 1. The van der Waals surface area contributed by atoms with E-state index in [2.05, 4.69) is 48.1 Å². The van der Waals surface area contributed by atoms with Gasteiger partial charge in [0, 0.05) is 22.9 Å². The van der Waals surface area contributed by atoms with E-state index in [1.807, 2.05) is 45.0 Å². The van der Waals surface area contributed by atoms with Gasteiger partial charge in [0.05, 0.1) is 5.56 Å². The number of anilines is 1. The highest BCUT2D eigenvalue weighted by Crippen LogP contribution is 2.35. The van der Waals surface area contributed by atoms with Gasteiger partial charge in [0.2, 0.25) is 11.8 Å². The number of allylic oxidation sites excluding steroid dienone is 1. The van der Waals surface area contributed by atoms with Gasteiger partial charge in [0.1, 0.15) is 11.2 Å². The number of carbonyl (C=O) groups is 1. The second-order valence-electron chi connectivity index (χ2n) is 9.38. The first-order valence-electron chi connectivity index (χ1n) is 11.2. The normalized spacial score (nSPS) is 11.8. The molecule has 1 amide bonds. The summed E-state index contributed by atoms with van der Waals surface area (Å²) in [6.45, 7) is 13.9. The molecule has 0 aliphatic carbocycles. The fourth-order valence-corrected chi connectivity index (χ4v) is 3.86. The number of hydrogen-bond acceptors (Lipinski definition) is 4. The zero-order valence-corrected chi connectivity index (χ0v) is 19.8. The van der Waals surface area contributed by atoms with Crippen LogP contribution in [-0.4, -0.2) is 21.1 Å². The van der Waals surface area contributed by atoms with Gasteiger partial charge in [-0.15, -0.1) is 6.58 Å². The third kappa shape index (κ3) is 4.33. The van der Waals surface area contributed by atoms with Crippen LogP contribution in [0.5, 0.6) is 0 Å². The van der Waals surface area contributed by atoms with Crippen LogP contribution >= 0.6 is 0 Å². The molecule has 2 aromatic carbocycles. The Morgan fingerprint density at radius 1 is 1.21 bits per heavy atom. The fourth-order valence-electron chi connectivity index (χ4n) is 3.86. The van der Waals surface area contributed by atoms with E-state index in [1.54, 1.807) is 12.3 Å². The predicted molar refractivity (Wildman–Crippen MR) is 133 cm³/mol. The summed E-state index contributed by atoms with van der Waals surface area (Å²) in [5.41, 5.74) is 6.58. The number of H-pyrrole nitrogens is 1. The Labute approximate surface area is 194 Å². The SMILES string of the molecule is C=CCC(C)(C)C(=O)Nc1ccc(-c2n[nH]cc2-c2nc3c(C)ccc(C(C)C)c3o2)cc1. The molecule has 0 spiro atoms. The Balaban J connectivity index is 1.65. The summed E-state index contributed by atoms with van der Waals surface area (Å²) in [6, 6.07) is 11.8. The van der Waals surface area contributed by atoms with Crippen LogP contribution in [0.2, 0.25) is 0 Å². The van der Waals surface area contributed by atoms with Crippen molar-refractivity contribution < 1.29 is 9.21 Å². The molecule has 2 aromatic heterocycles. The van der Waals surface area contributed by atoms with Crippen LogP contribution in [-0.2, 0) is 4.79 Å². The topological polar surface area (TPSA) is 83.8 Å². The number of fused-ring (bicyclic) bond motifs is 1. The molecule has 170 valence electrons. The van der Waals surface area contributed by atoms with Crippen molar-refractivity contribution in [2.45, 2.75) is 47.0 Å². The summed E-state index contributed by atoms with van der Waals surface area (Å²) in [5.74, 6) is 0.823. The molecule has 0 atom stereocenters. The van der Waals surface area contributed by atoms with Crippen molar-refractivity contribution in [2.75, 3.05) is 5.32 Å². The van der Waals surface area contributed by atoms with Gasteiger partial charge in [-0.25, -0.2) is 4.98 Å². The molecule has 6 nitrogen and oxygen atoms in total. The Hall–Kier alpha value is -3.67. The van der Waals surface area contributed by atoms with Crippen molar-refractivity contribution in [3.63, 3.8) is 0 Å². The molecule has 0 aliphatic rings. The Kier molecular flexibility index (Phi) is 5.93. The maximum Gasteiger partial charge on any atom is 0.231 e. The molecule has 0 unspecified atom stereocenters. The third-order valence-corrected chi connectivity index (χ3v) is 5.95. The zero-order valence-electron chi connectivity index (χ0n) is 19.8. The number of benzene rings is 2. The molecule has 0 radical (unpaired) electrons. The molecule has 0 saturated carbocycles. The van der Waals surface area contributed by atoms with Gasteiger partial charge in [-0.05, 0) is 42.5 Å². The van der Waals surface area contributed by atoms with E-state index in [0.717, 1.165) is 44.7 Å². The van der Waals surface area contributed by atoms with Crippen LogP contribution in [0, 0.1) is 12.3 Å². The number of amides is 1. The first-order chi connectivity index (χ1) is 15.7. The molecule has 0 bridgehead atoms. The van der Waals surface area contributed by atoms with Gasteiger partial charge in [-0.2, -0.15) is 5.10 Å². The second kappa shape index (κ2) is 8.70.